The number of nitrogens with one attached hydrogen (secondary N) is 1. The Labute approximate surface area is 101 Å². The highest BCUT2D eigenvalue weighted by Gasteiger charge is 2.34. The van der Waals surface area contributed by atoms with Gasteiger partial charge in [0.05, 0.1) is 22.8 Å². The van der Waals surface area contributed by atoms with Gasteiger partial charge in [-0.15, -0.1) is 0 Å². The van der Waals surface area contributed by atoms with Gasteiger partial charge < -0.3 is 5.32 Å². The molecule has 0 amide bonds. The molecule has 16 heavy (non-hydrogen) atoms. The third kappa shape index (κ3) is 3.32. The normalized spacial score (nSPS) is 11.3. The zero-order chi connectivity index (χ0) is 12.3. The largest absolute Gasteiger partial charge is 0.418 e. The molecule has 0 radical (unpaired) electrons. The predicted molar refractivity (Wildman–Crippen MR) is 59.9 cm³/mol. The molecule has 0 spiro atoms. The maximum absolute atomic E-state index is 12.6. The summed E-state index contributed by atoms with van der Waals surface area (Å²) in [5, 5.41) is 2.70. The average Bonchev–Trinajstić information content (AvgIpc) is 2.13. The summed E-state index contributed by atoms with van der Waals surface area (Å²) in [5.74, 6) is 0. The van der Waals surface area contributed by atoms with E-state index in [-0.39, 0.29) is 22.3 Å². The van der Waals surface area contributed by atoms with Crippen molar-refractivity contribution in [3.05, 3.63) is 40.4 Å². The van der Waals surface area contributed by atoms with E-state index in [0.717, 1.165) is 6.07 Å². The van der Waals surface area contributed by atoms with Crippen LogP contribution in [0.3, 0.4) is 0 Å². The number of hydrogen-bond donors (Lipinski definition) is 1. The Morgan fingerprint density at radius 1 is 1.38 bits per heavy atom. The molecule has 1 rings (SSSR count). The van der Waals surface area contributed by atoms with Crippen molar-refractivity contribution >= 4 is 28.9 Å². The van der Waals surface area contributed by atoms with Gasteiger partial charge in [0.25, 0.3) is 0 Å². The van der Waals surface area contributed by atoms with Gasteiger partial charge in [-0.25, -0.2) is 0 Å². The summed E-state index contributed by atoms with van der Waals surface area (Å²) in [7, 11) is 0. The third-order valence-corrected chi connectivity index (χ3v) is 2.22. The Morgan fingerprint density at radius 2 is 2.00 bits per heavy atom. The first-order valence-electron chi connectivity index (χ1n) is 4.25. The van der Waals surface area contributed by atoms with Crippen LogP contribution in [0.25, 0.3) is 0 Å². The van der Waals surface area contributed by atoms with Crippen molar-refractivity contribution in [1.29, 1.82) is 0 Å². The zero-order valence-corrected chi connectivity index (χ0v) is 9.55. The van der Waals surface area contributed by atoms with Gasteiger partial charge in [-0.2, -0.15) is 13.2 Å². The first-order valence-corrected chi connectivity index (χ1v) is 5.01. The van der Waals surface area contributed by atoms with Gasteiger partial charge in [-0.05, 0) is 12.1 Å². The van der Waals surface area contributed by atoms with E-state index in [4.69, 9.17) is 23.2 Å². The second kappa shape index (κ2) is 4.97. The van der Waals surface area contributed by atoms with Gasteiger partial charge in [-0.3, -0.25) is 0 Å². The first kappa shape index (κ1) is 13.2. The molecule has 0 fully saturated rings. The Bertz CT molecular complexity index is 402. The zero-order valence-electron chi connectivity index (χ0n) is 8.04. The van der Waals surface area contributed by atoms with Crippen molar-refractivity contribution < 1.29 is 13.2 Å². The minimum atomic E-state index is -4.46. The number of rotatable bonds is 3. The smallest absolute Gasteiger partial charge is 0.378 e. The van der Waals surface area contributed by atoms with Gasteiger partial charge in [0.1, 0.15) is 0 Å². The second-order valence-corrected chi connectivity index (χ2v) is 3.97. The van der Waals surface area contributed by atoms with Crippen molar-refractivity contribution in [3.63, 3.8) is 0 Å². The van der Waals surface area contributed by atoms with Gasteiger partial charge in [0, 0.05) is 5.03 Å². The molecule has 0 saturated carbocycles. The van der Waals surface area contributed by atoms with Crippen LogP contribution in [0, 0.1) is 0 Å². The van der Waals surface area contributed by atoms with E-state index in [1.165, 1.54) is 12.1 Å². The highest BCUT2D eigenvalue weighted by Crippen LogP contribution is 2.38. The number of hydrogen-bond acceptors (Lipinski definition) is 1. The van der Waals surface area contributed by atoms with E-state index in [0.29, 0.717) is 0 Å². The summed E-state index contributed by atoms with van der Waals surface area (Å²) in [6, 6.07) is 3.56. The van der Waals surface area contributed by atoms with Gasteiger partial charge >= 0.3 is 6.18 Å². The molecule has 0 aliphatic rings. The van der Waals surface area contributed by atoms with E-state index in [2.05, 4.69) is 11.9 Å². The summed E-state index contributed by atoms with van der Waals surface area (Å²) in [5.41, 5.74) is -1.00. The van der Waals surface area contributed by atoms with Crippen LogP contribution in [-0.2, 0) is 6.18 Å². The molecule has 0 unspecified atom stereocenters. The molecular formula is C10H8Cl2F3N. The molecule has 1 nitrogen and oxygen atoms in total. The summed E-state index contributed by atoms with van der Waals surface area (Å²) in [6.45, 7) is 3.39. The maximum Gasteiger partial charge on any atom is 0.418 e. The topological polar surface area (TPSA) is 12.0 Å². The van der Waals surface area contributed by atoms with E-state index < -0.39 is 11.7 Å². The molecule has 0 saturated heterocycles. The average molecular weight is 270 g/mol. The monoisotopic (exact) mass is 269 g/mol. The molecule has 1 N–H and O–H groups in total. The van der Waals surface area contributed by atoms with Gasteiger partial charge in [0.2, 0.25) is 0 Å². The highest BCUT2D eigenvalue weighted by atomic mass is 35.5. The number of benzene rings is 1. The molecular weight excluding hydrogens is 262 g/mol. The lowest BCUT2D eigenvalue weighted by Crippen LogP contribution is -2.12. The molecule has 0 heterocycles. The van der Waals surface area contributed by atoms with Crippen molar-refractivity contribution in [2.24, 2.45) is 0 Å². The van der Waals surface area contributed by atoms with Crippen molar-refractivity contribution in [2.75, 3.05) is 11.9 Å². The molecule has 0 aromatic heterocycles. The summed E-state index contributed by atoms with van der Waals surface area (Å²) < 4.78 is 37.8. The van der Waals surface area contributed by atoms with E-state index in [1.54, 1.807) is 0 Å². The number of alkyl halides is 3. The van der Waals surface area contributed by atoms with Crippen molar-refractivity contribution in [1.82, 2.24) is 0 Å². The number of halogens is 5. The molecule has 0 aliphatic heterocycles. The van der Waals surface area contributed by atoms with Crippen LogP contribution < -0.4 is 5.32 Å². The fourth-order valence-electron chi connectivity index (χ4n) is 1.12. The third-order valence-electron chi connectivity index (χ3n) is 1.78. The highest BCUT2D eigenvalue weighted by molar-refractivity contribution is 6.33. The van der Waals surface area contributed by atoms with Crippen molar-refractivity contribution in [2.45, 2.75) is 6.18 Å². The Balaban J connectivity index is 3.09. The van der Waals surface area contributed by atoms with E-state index in [9.17, 15) is 13.2 Å². The molecule has 1 aromatic carbocycles. The molecule has 0 aliphatic carbocycles. The first-order chi connectivity index (χ1) is 7.32. The standard InChI is InChI=1S/C10H8Cl2F3N/c1-6(11)5-16-9-7(10(13,14)15)3-2-4-8(9)12/h2-4,16H,1,5H2. The van der Waals surface area contributed by atoms with Crippen LogP contribution in [0.5, 0.6) is 0 Å². The van der Waals surface area contributed by atoms with Crippen LogP contribution >= 0.6 is 23.2 Å². The van der Waals surface area contributed by atoms with Crippen LogP contribution in [0.2, 0.25) is 5.02 Å². The molecule has 0 bridgehead atoms. The fraction of sp³-hybridized carbons (Fsp3) is 0.200. The Kier molecular flexibility index (Phi) is 4.10. The summed E-state index contributed by atoms with van der Waals surface area (Å²) >= 11 is 11.1. The second-order valence-electron chi connectivity index (χ2n) is 3.03. The lowest BCUT2D eigenvalue weighted by Gasteiger charge is -2.15. The predicted octanol–water partition coefficient (Wildman–Crippen LogP) is 4.52. The van der Waals surface area contributed by atoms with Crippen LogP contribution in [0.1, 0.15) is 5.56 Å². The summed E-state index contributed by atoms with van der Waals surface area (Å²) in [6.07, 6.45) is -4.46. The lowest BCUT2D eigenvalue weighted by atomic mass is 10.1. The molecule has 1 aromatic rings. The molecule has 6 heteroatoms. The fourth-order valence-corrected chi connectivity index (χ4v) is 1.43. The Hall–Kier alpha value is -0.870. The van der Waals surface area contributed by atoms with Gasteiger partial charge in [0.15, 0.2) is 0 Å². The summed E-state index contributed by atoms with van der Waals surface area (Å²) in [4.78, 5) is 0. The van der Waals surface area contributed by atoms with E-state index >= 15 is 0 Å². The maximum atomic E-state index is 12.6. The Morgan fingerprint density at radius 3 is 2.50 bits per heavy atom. The van der Waals surface area contributed by atoms with Crippen molar-refractivity contribution in [3.8, 4) is 0 Å². The van der Waals surface area contributed by atoms with E-state index in [1.807, 2.05) is 0 Å². The lowest BCUT2D eigenvalue weighted by molar-refractivity contribution is -0.136. The van der Waals surface area contributed by atoms with Crippen LogP contribution in [-0.4, -0.2) is 6.54 Å². The quantitative estimate of drug-likeness (QED) is 0.851. The number of para-hydroxylation sites is 1. The minimum Gasteiger partial charge on any atom is -0.378 e. The molecule has 0 atom stereocenters. The van der Waals surface area contributed by atoms with Crippen LogP contribution in [0.4, 0.5) is 18.9 Å². The number of anilines is 1. The SMILES string of the molecule is C=C(Cl)CNc1c(Cl)cccc1C(F)(F)F. The molecule has 88 valence electrons. The van der Waals surface area contributed by atoms with Crippen LogP contribution in [0.15, 0.2) is 29.8 Å². The van der Waals surface area contributed by atoms with Gasteiger partial charge in [-0.1, -0.05) is 35.8 Å². The minimum absolute atomic E-state index is 0.00672.